The van der Waals surface area contributed by atoms with Gasteiger partial charge in [-0.25, -0.2) is 4.98 Å². The summed E-state index contributed by atoms with van der Waals surface area (Å²) in [6.45, 7) is 10.4. The Balaban J connectivity index is 1.96. The van der Waals surface area contributed by atoms with Crippen LogP contribution in [0.3, 0.4) is 0 Å². The van der Waals surface area contributed by atoms with Crippen molar-refractivity contribution in [1.29, 1.82) is 0 Å². The van der Waals surface area contributed by atoms with E-state index >= 15 is 0 Å². The Morgan fingerprint density at radius 3 is 3.16 bits per heavy atom. The Bertz CT molecular complexity index is 383. The zero-order valence-electron chi connectivity index (χ0n) is 12.2. The molecule has 1 N–H and O–H groups in total. The molecule has 1 aromatic heterocycles. The summed E-state index contributed by atoms with van der Waals surface area (Å²) in [5, 5.41) is 4.65. The number of ether oxygens (including phenoxy) is 1. The van der Waals surface area contributed by atoms with Crippen molar-refractivity contribution < 1.29 is 4.74 Å². The zero-order valence-corrected chi connectivity index (χ0v) is 13.0. The molecule has 2 atom stereocenters. The van der Waals surface area contributed by atoms with Crippen molar-refractivity contribution in [2.24, 2.45) is 0 Å². The van der Waals surface area contributed by atoms with E-state index < -0.39 is 0 Å². The lowest BCUT2D eigenvalue weighted by Crippen LogP contribution is -2.42. The van der Waals surface area contributed by atoms with Gasteiger partial charge >= 0.3 is 0 Å². The smallest absolute Gasteiger partial charge is 0.185 e. The Hall–Kier alpha value is -0.650. The van der Waals surface area contributed by atoms with Crippen molar-refractivity contribution in [3.05, 3.63) is 11.1 Å². The molecule has 108 valence electrons. The molecular weight excluding hydrogens is 258 g/mol. The van der Waals surface area contributed by atoms with Gasteiger partial charge in [-0.15, -0.1) is 11.3 Å². The Morgan fingerprint density at radius 1 is 1.58 bits per heavy atom. The second kappa shape index (κ2) is 7.22. The summed E-state index contributed by atoms with van der Waals surface area (Å²) in [4.78, 5) is 8.27. The summed E-state index contributed by atoms with van der Waals surface area (Å²) < 4.78 is 5.71. The third-order valence-electron chi connectivity index (χ3n) is 3.50. The summed E-state index contributed by atoms with van der Waals surface area (Å²) in [5.41, 5.74) is 0. The predicted molar refractivity (Wildman–Crippen MR) is 81.1 cm³/mol. The summed E-state index contributed by atoms with van der Waals surface area (Å²) >= 11 is 1.81. The molecule has 5 heteroatoms. The lowest BCUT2D eigenvalue weighted by molar-refractivity contribution is 0.0384. The van der Waals surface area contributed by atoms with Gasteiger partial charge in [-0.1, -0.05) is 13.8 Å². The first-order chi connectivity index (χ1) is 9.24. The van der Waals surface area contributed by atoms with E-state index in [9.17, 15) is 0 Å². The van der Waals surface area contributed by atoms with Crippen LogP contribution >= 0.6 is 11.3 Å². The molecular formula is C14H25N3OS. The number of hydrogen-bond acceptors (Lipinski definition) is 5. The quantitative estimate of drug-likeness (QED) is 0.871. The van der Waals surface area contributed by atoms with Gasteiger partial charge in [0.2, 0.25) is 0 Å². The highest BCUT2D eigenvalue weighted by atomic mass is 32.1. The molecule has 1 aliphatic heterocycles. The van der Waals surface area contributed by atoms with Crippen LogP contribution in [0.15, 0.2) is 6.20 Å². The Labute approximate surface area is 120 Å². The van der Waals surface area contributed by atoms with Crippen LogP contribution in [0.4, 0.5) is 5.13 Å². The topological polar surface area (TPSA) is 37.4 Å². The number of nitrogens with zero attached hydrogens (tertiary/aromatic N) is 2. The minimum absolute atomic E-state index is 0.358. The molecule has 1 saturated heterocycles. The highest BCUT2D eigenvalue weighted by Crippen LogP contribution is 2.28. The fraction of sp³-hybridized carbons (Fsp3) is 0.786. The number of nitrogens with one attached hydrogen (secondary N) is 1. The summed E-state index contributed by atoms with van der Waals surface area (Å²) in [7, 11) is 0. The van der Waals surface area contributed by atoms with Gasteiger partial charge < -0.3 is 15.0 Å². The molecule has 1 aliphatic rings. The lowest BCUT2D eigenvalue weighted by atomic mass is 10.2. The van der Waals surface area contributed by atoms with Gasteiger partial charge in [0.05, 0.1) is 12.7 Å². The molecule has 0 saturated carbocycles. The van der Waals surface area contributed by atoms with E-state index in [0.29, 0.717) is 12.1 Å². The standard InChI is InChI=1S/C14H25N3OS/c1-4-6-15-11(3)13-9-16-14(19-13)17-7-8-18-12(5-2)10-17/h9,11-12,15H,4-8,10H2,1-3H3. The third-order valence-corrected chi connectivity index (χ3v) is 4.74. The average molecular weight is 283 g/mol. The van der Waals surface area contributed by atoms with E-state index in [-0.39, 0.29) is 0 Å². The number of morpholine rings is 1. The number of anilines is 1. The van der Waals surface area contributed by atoms with Crippen molar-refractivity contribution >= 4 is 16.5 Å². The average Bonchev–Trinajstić information content (AvgIpc) is 2.94. The van der Waals surface area contributed by atoms with Crippen molar-refractivity contribution in [3.8, 4) is 0 Å². The predicted octanol–water partition coefficient (Wildman–Crippen LogP) is 2.82. The molecule has 1 aromatic rings. The summed E-state index contributed by atoms with van der Waals surface area (Å²) in [5.74, 6) is 0. The maximum Gasteiger partial charge on any atom is 0.185 e. The van der Waals surface area contributed by atoms with Gasteiger partial charge in [0.15, 0.2) is 5.13 Å². The highest BCUT2D eigenvalue weighted by molar-refractivity contribution is 7.15. The molecule has 2 rings (SSSR count). The van der Waals surface area contributed by atoms with Crippen LogP contribution in [0.1, 0.15) is 44.5 Å². The zero-order chi connectivity index (χ0) is 13.7. The van der Waals surface area contributed by atoms with Gasteiger partial charge in [0.1, 0.15) is 0 Å². The molecule has 0 spiro atoms. The van der Waals surface area contributed by atoms with Crippen molar-refractivity contribution in [2.45, 2.75) is 45.8 Å². The Kier molecular flexibility index (Phi) is 5.60. The molecule has 19 heavy (non-hydrogen) atoms. The van der Waals surface area contributed by atoms with Crippen molar-refractivity contribution in [3.63, 3.8) is 0 Å². The number of aromatic nitrogens is 1. The molecule has 0 radical (unpaired) electrons. The van der Waals surface area contributed by atoms with E-state index in [0.717, 1.165) is 44.2 Å². The first-order valence-corrected chi connectivity index (χ1v) is 8.11. The van der Waals surface area contributed by atoms with Gasteiger partial charge in [-0.05, 0) is 26.3 Å². The lowest BCUT2D eigenvalue weighted by Gasteiger charge is -2.32. The van der Waals surface area contributed by atoms with Gasteiger partial charge in [0.25, 0.3) is 0 Å². The fourth-order valence-electron chi connectivity index (χ4n) is 2.22. The van der Waals surface area contributed by atoms with E-state index in [1.54, 1.807) is 0 Å². The second-order valence-electron chi connectivity index (χ2n) is 5.07. The van der Waals surface area contributed by atoms with E-state index in [1.807, 2.05) is 17.5 Å². The second-order valence-corrected chi connectivity index (χ2v) is 6.11. The first kappa shape index (κ1) is 14.8. The largest absolute Gasteiger partial charge is 0.375 e. The van der Waals surface area contributed by atoms with Crippen LogP contribution in [-0.4, -0.2) is 37.3 Å². The fourth-order valence-corrected chi connectivity index (χ4v) is 3.20. The minimum Gasteiger partial charge on any atom is -0.375 e. The van der Waals surface area contributed by atoms with Crippen molar-refractivity contribution in [1.82, 2.24) is 10.3 Å². The molecule has 0 amide bonds. The normalized spacial score (nSPS) is 21.6. The summed E-state index contributed by atoms with van der Waals surface area (Å²) in [6, 6.07) is 0.397. The molecule has 2 heterocycles. The molecule has 0 aromatic carbocycles. The molecule has 0 bridgehead atoms. The van der Waals surface area contributed by atoms with Gasteiger partial charge in [0, 0.05) is 30.2 Å². The SMILES string of the molecule is CCCNC(C)c1cnc(N2CCOC(CC)C2)s1. The maximum atomic E-state index is 5.71. The highest BCUT2D eigenvalue weighted by Gasteiger charge is 2.22. The van der Waals surface area contributed by atoms with E-state index in [2.05, 4.69) is 36.0 Å². The van der Waals surface area contributed by atoms with Crippen molar-refractivity contribution in [2.75, 3.05) is 31.1 Å². The maximum absolute atomic E-state index is 5.71. The first-order valence-electron chi connectivity index (χ1n) is 7.30. The van der Waals surface area contributed by atoms with E-state index in [1.165, 1.54) is 4.88 Å². The minimum atomic E-state index is 0.358. The Morgan fingerprint density at radius 2 is 2.42 bits per heavy atom. The molecule has 2 unspecified atom stereocenters. The van der Waals surface area contributed by atoms with Gasteiger partial charge in [-0.2, -0.15) is 0 Å². The number of rotatable bonds is 6. The third kappa shape index (κ3) is 3.91. The van der Waals surface area contributed by atoms with Crippen LogP contribution < -0.4 is 10.2 Å². The van der Waals surface area contributed by atoms with Crippen LogP contribution in [0.25, 0.3) is 0 Å². The summed E-state index contributed by atoms with van der Waals surface area (Å²) in [6.07, 6.45) is 4.61. The molecule has 1 fully saturated rings. The molecule has 0 aliphatic carbocycles. The number of hydrogen-bond donors (Lipinski definition) is 1. The van der Waals surface area contributed by atoms with Crippen LogP contribution in [0.5, 0.6) is 0 Å². The number of thiazole rings is 1. The van der Waals surface area contributed by atoms with E-state index in [4.69, 9.17) is 4.74 Å². The van der Waals surface area contributed by atoms with Crippen LogP contribution in [0, 0.1) is 0 Å². The monoisotopic (exact) mass is 283 g/mol. The van der Waals surface area contributed by atoms with Crippen LogP contribution in [0.2, 0.25) is 0 Å². The van der Waals surface area contributed by atoms with Gasteiger partial charge in [-0.3, -0.25) is 0 Å². The van der Waals surface area contributed by atoms with Crippen LogP contribution in [-0.2, 0) is 4.74 Å². The molecule has 4 nitrogen and oxygen atoms in total.